The third-order valence-electron chi connectivity index (χ3n) is 6.93. The van der Waals surface area contributed by atoms with Crippen molar-refractivity contribution in [1.29, 1.82) is 0 Å². The molecule has 1 aromatic rings. The molecule has 4 heteroatoms. The van der Waals surface area contributed by atoms with Gasteiger partial charge < -0.3 is 14.5 Å². The minimum Gasteiger partial charge on any atom is -0.381 e. The first-order valence-corrected chi connectivity index (χ1v) is 10.7. The third-order valence-corrected chi connectivity index (χ3v) is 6.93. The molecule has 4 nitrogen and oxygen atoms in total. The molecule has 3 aliphatic rings. The summed E-state index contributed by atoms with van der Waals surface area (Å²) in [5.74, 6) is 1.79. The van der Waals surface area contributed by atoms with Crippen molar-refractivity contribution in [3.8, 4) is 0 Å². The average molecular weight is 371 g/mol. The molecular weight excluding hydrogens is 336 g/mol. The fraction of sp³-hybridized carbons (Fsp3) is 0.696. The molecule has 0 aromatic heterocycles. The van der Waals surface area contributed by atoms with E-state index in [1.807, 2.05) is 18.2 Å². The SMILES string of the molecule is CN1C[C@@H](COCC2CC2)C2(CCN(C(=O)CCc3ccccc3)CC2)C1. The van der Waals surface area contributed by atoms with Gasteiger partial charge in [-0.25, -0.2) is 0 Å². The maximum atomic E-state index is 12.7. The quantitative estimate of drug-likeness (QED) is 0.739. The molecule has 1 aromatic carbocycles. The number of nitrogens with zero attached hydrogens (tertiary/aromatic N) is 2. The summed E-state index contributed by atoms with van der Waals surface area (Å²) in [5.41, 5.74) is 1.61. The van der Waals surface area contributed by atoms with E-state index in [1.165, 1.54) is 18.4 Å². The van der Waals surface area contributed by atoms with Gasteiger partial charge in [-0.05, 0) is 56.0 Å². The number of likely N-dealkylation sites (tertiary alicyclic amines) is 2. The zero-order valence-corrected chi connectivity index (χ0v) is 16.7. The van der Waals surface area contributed by atoms with Gasteiger partial charge in [0, 0.05) is 45.1 Å². The molecule has 2 aliphatic heterocycles. The van der Waals surface area contributed by atoms with Crippen molar-refractivity contribution in [1.82, 2.24) is 9.80 Å². The minimum absolute atomic E-state index is 0.321. The first-order valence-electron chi connectivity index (χ1n) is 10.7. The van der Waals surface area contributed by atoms with Crippen molar-refractivity contribution in [3.05, 3.63) is 35.9 Å². The number of hydrogen-bond donors (Lipinski definition) is 0. The van der Waals surface area contributed by atoms with E-state index in [1.54, 1.807) is 0 Å². The molecule has 2 heterocycles. The zero-order valence-electron chi connectivity index (χ0n) is 16.7. The minimum atomic E-state index is 0.321. The lowest BCUT2D eigenvalue weighted by Crippen LogP contribution is -2.47. The van der Waals surface area contributed by atoms with Crippen LogP contribution in [0.5, 0.6) is 0 Å². The van der Waals surface area contributed by atoms with Crippen LogP contribution in [0.15, 0.2) is 30.3 Å². The molecule has 0 bridgehead atoms. The molecule has 1 amide bonds. The second-order valence-electron chi connectivity index (χ2n) is 9.10. The predicted molar refractivity (Wildman–Crippen MR) is 108 cm³/mol. The largest absolute Gasteiger partial charge is 0.381 e. The van der Waals surface area contributed by atoms with E-state index in [2.05, 4.69) is 29.0 Å². The summed E-state index contributed by atoms with van der Waals surface area (Å²) in [7, 11) is 2.24. The average Bonchev–Trinajstić information content (AvgIpc) is 3.46. The highest BCUT2D eigenvalue weighted by Gasteiger charge is 2.47. The summed E-state index contributed by atoms with van der Waals surface area (Å²) in [5, 5.41) is 0. The first kappa shape index (κ1) is 18.9. The van der Waals surface area contributed by atoms with E-state index in [9.17, 15) is 4.79 Å². The Balaban J connectivity index is 1.26. The lowest BCUT2D eigenvalue weighted by molar-refractivity contribution is -0.134. The normalized spacial score (nSPS) is 25.2. The number of benzene rings is 1. The number of carbonyl (C=O) groups excluding carboxylic acids is 1. The Hall–Kier alpha value is -1.39. The fourth-order valence-corrected chi connectivity index (χ4v) is 5.01. The Kier molecular flexibility index (Phi) is 5.84. The maximum absolute atomic E-state index is 12.7. The van der Waals surface area contributed by atoms with Gasteiger partial charge in [-0.15, -0.1) is 0 Å². The van der Waals surface area contributed by atoms with Gasteiger partial charge in [-0.1, -0.05) is 30.3 Å². The summed E-state index contributed by atoms with van der Waals surface area (Å²) in [6, 6.07) is 10.3. The highest BCUT2D eigenvalue weighted by Crippen LogP contribution is 2.44. The van der Waals surface area contributed by atoms with Crippen LogP contribution in [0.2, 0.25) is 0 Å². The number of carbonyl (C=O) groups is 1. The van der Waals surface area contributed by atoms with Gasteiger partial charge in [0.05, 0.1) is 6.61 Å². The van der Waals surface area contributed by atoms with Gasteiger partial charge in [0.25, 0.3) is 0 Å². The smallest absolute Gasteiger partial charge is 0.222 e. The molecule has 148 valence electrons. The van der Waals surface area contributed by atoms with Gasteiger partial charge >= 0.3 is 0 Å². The Labute approximate surface area is 163 Å². The molecule has 27 heavy (non-hydrogen) atoms. The first-order chi connectivity index (χ1) is 13.1. The number of ether oxygens (including phenoxy) is 1. The van der Waals surface area contributed by atoms with Crippen LogP contribution in [0.3, 0.4) is 0 Å². The molecule has 0 radical (unpaired) electrons. The lowest BCUT2D eigenvalue weighted by Gasteiger charge is -2.42. The number of aryl methyl sites for hydroxylation is 1. The van der Waals surface area contributed by atoms with Crippen LogP contribution >= 0.6 is 0 Å². The van der Waals surface area contributed by atoms with E-state index >= 15 is 0 Å². The number of amides is 1. The lowest BCUT2D eigenvalue weighted by atomic mass is 9.71. The highest BCUT2D eigenvalue weighted by molar-refractivity contribution is 5.76. The standard InChI is InChI=1S/C23H34N2O2/c1-24-15-21(17-27-16-20-7-8-20)23(18-24)11-13-25(14-12-23)22(26)10-9-19-5-3-2-4-6-19/h2-6,20-21H,7-18H2,1H3/t21-/m0/s1. The van der Waals surface area contributed by atoms with Crippen molar-refractivity contribution >= 4 is 5.91 Å². The Morgan fingerprint density at radius 2 is 1.89 bits per heavy atom. The summed E-state index contributed by atoms with van der Waals surface area (Å²) in [6.45, 7) is 6.01. The molecular formula is C23H34N2O2. The molecule has 0 N–H and O–H groups in total. The highest BCUT2D eigenvalue weighted by atomic mass is 16.5. The predicted octanol–water partition coefficient (Wildman–Crippen LogP) is 3.22. The molecule has 1 aliphatic carbocycles. The van der Waals surface area contributed by atoms with Crippen LogP contribution in [0, 0.1) is 17.3 Å². The van der Waals surface area contributed by atoms with Crippen molar-refractivity contribution in [2.45, 2.75) is 38.5 Å². The second-order valence-corrected chi connectivity index (χ2v) is 9.10. The number of piperidine rings is 1. The van der Waals surface area contributed by atoms with Crippen LogP contribution in [0.25, 0.3) is 0 Å². The maximum Gasteiger partial charge on any atom is 0.222 e. The van der Waals surface area contributed by atoms with Crippen molar-refractivity contribution < 1.29 is 9.53 Å². The number of hydrogen-bond acceptors (Lipinski definition) is 3. The molecule has 4 rings (SSSR count). The van der Waals surface area contributed by atoms with E-state index in [0.717, 1.165) is 64.6 Å². The van der Waals surface area contributed by atoms with Crippen LogP contribution in [0.4, 0.5) is 0 Å². The van der Waals surface area contributed by atoms with E-state index < -0.39 is 0 Å². The van der Waals surface area contributed by atoms with Crippen LogP contribution in [-0.2, 0) is 16.0 Å². The van der Waals surface area contributed by atoms with Gasteiger partial charge in [-0.2, -0.15) is 0 Å². The molecule has 3 fully saturated rings. The fourth-order valence-electron chi connectivity index (χ4n) is 5.01. The van der Waals surface area contributed by atoms with Gasteiger partial charge in [-0.3, -0.25) is 4.79 Å². The van der Waals surface area contributed by atoms with Crippen molar-refractivity contribution in [2.75, 3.05) is 46.4 Å². The van der Waals surface area contributed by atoms with E-state index in [4.69, 9.17) is 4.74 Å². The Morgan fingerprint density at radius 1 is 1.15 bits per heavy atom. The van der Waals surface area contributed by atoms with E-state index in [-0.39, 0.29) is 0 Å². The Morgan fingerprint density at radius 3 is 2.59 bits per heavy atom. The summed E-state index contributed by atoms with van der Waals surface area (Å²) < 4.78 is 6.07. The zero-order chi connectivity index (χ0) is 18.7. The topological polar surface area (TPSA) is 32.8 Å². The van der Waals surface area contributed by atoms with Crippen LogP contribution < -0.4 is 0 Å². The molecule has 1 saturated carbocycles. The molecule has 0 unspecified atom stereocenters. The monoisotopic (exact) mass is 370 g/mol. The number of rotatable bonds is 7. The van der Waals surface area contributed by atoms with Gasteiger partial charge in [0.2, 0.25) is 5.91 Å². The summed E-state index contributed by atoms with van der Waals surface area (Å²) in [4.78, 5) is 17.2. The van der Waals surface area contributed by atoms with Crippen LogP contribution in [-0.4, -0.2) is 62.1 Å². The van der Waals surface area contributed by atoms with Crippen molar-refractivity contribution in [3.63, 3.8) is 0 Å². The second kappa shape index (κ2) is 8.32. The molecule has 1 atom stereocenters. The molecule has 2 saturated heterocycles. The Bertz CT molecular complexity index is 621. The molecule has 1 spiro atoms. The van der Waals surface area contributed by atoms with Gasteiger partial charge in [0.15, 0.2) is 0 Å². The third kappa shape index (κ3) is 4.72. The summed E-state index contributed by atoms with van der Waals surface area (Å²) in [6.07, 6.45) is 6.45. The van der Waals surface area contributed by atoms with Crippen molar-refractivity contribution in [2.24, 2.45) is 17.3 Å². The van der Waals surface area contributed by atoms with Crippen LogP contribution in [0.1, 0.15) is 37.7 Å². The van der Waals surface area contributed by atoms with E-state index in [0.29, 0.717) is 23.7 Å². The van der Waals surface area contributed by atoms with Gasteiger partial charge in [0.1, 0.15) is 0 Å². The summed E-state index contributed by atoms with van der Waals surface area (Å²) >= 11 is 0.